The first-order valence-electron chi connectivity index (χ1n) is 7.35. The molecule has 1 aromatic carbocycles. The van der Waals surface area contributed by atoms with Gasteiger partial charge in [-0.15, -0.1) is 0 Å². The Balaban J connectivity index is 2.33. The second-order valence-electron chi connectivity index (χ2n) is 6.13. The SMILES string of the molecule is CCC1CCC(C#N)(C(C)(O)c2cccc(Br)c2)CC1. The molecule has 0 heterocycles. The van der Waals surface area contributed by atoms with Gasteiger partial charge >= 0.3 is 0 Å². The van der Waals surface area contributed by atoms with Crippen molar-refractivity contribution < 1.29 is 5.11 Å². The minimum Gasteiger partial charge on any atom is -0.384 e. The predicted molar refractivity (Wildman–Crippen MR) is 84.0 cm³/mol. The van der Waals surface area contributed by atoms with Crippen molar-refractivity contribution in [3.63, 3.8) is 0 Å². The second-order valence-corrected chi connectivity index (χ2v) is 7.04. The Morgan fingerprint density at radius 1 is 1.45 bits per heavy atom. The molecule has 1 aliphatic rings. The van der Waals surface area contributed by atoms with Gasteiger partial charge in [0, 0.05) is 4.47 Å². The zero-order valence-corrected chi connectivity index (χ0v) is 13.8. The lowest BCUT2D eigenvalue weighted by molar-refractivity contribution is -0.0698. The van der Waals surface area contributed by atoms with Crippen LogP contribution in [-0.4, -0.2) is 5.11 Å². The highest BCUT2D eigenvalue weighted by Gasteiger charge is 2.50. The van der Waals surface area contributed by atoms with Crippen molar-refractivity contribution in [2.45, 2.75) is 51.6 Å². The smallest absolute Gasteiger partial charge is 0.105 e. The molecule has 0 aromatic heterocycles. The van der Waals surface area contributed by atoms with Crippen LogP contribution in [0.1, 0.15) is 51.5 Å². The summed E-state index contributed by atoms with van der Waals surface area (Å²) in [5, 5.41) is 20.8. The van der Waals surface area contributed by atoms with Gasteiger partial charge in [0.05, 0.1) is 11.5 Å². The summed E-state index contributed by atoms with van der Waals surface area (Å²) in [6, 6.07) is 10.1. The van der Waals surface area contributed by atoms with E-state index >= 15 is 0 Å². The monoisotopic (exact) mass is 335 g/mol. The topological polar surface area (TPSA) is 44.0 Å². The average molecular weight is 336 g/mol. The molecule has 1 aromatic rings. The number of aliphatic hydroxyl groups is 1. The number of nitriles is 1. The molecule has 1 fully saturated rings. The van der Waals surface area contributed by atoms with Crippen molar-refractivity contribution in [3.05, 3.63) is 34.3 Å². The normalized spacial score (nSPS) is 29.4. The summed E-state index contributed by atoms with van der Waals surface area (Å²) in [7, 11) is 0. The van der Waals surface area contributed by atoms with Crippen LogP contribution in [-0.2, 0) is 5.60 Å². The molecule has 1 aliphatic carbocycles. The fourth-order valence-electron chi connectivity index (χ4n) is 3.35. The van der Waals surface area contributed by atoms with Crippen LogP contribution in [0.25, 0.3) is 0 Å². The molecule has 0 aliphatic heterocycles. The van der Waals surface area contributed by atoms with E-state index in [-0.39, 0.29) is 0 Å². The van der Waals surface area contributed by atoms with Crippen LogP contribution >= 0.6 is 15.9 Å². The molecule has 0 saturated heterocycles. The summed E-state index contributed by atoms with van der Waals surface area (Å²) in [5.74, 6) is 0.704. The molecule has 108 valence electrons. The van der Waals surface area contributed by atoms with E-state index in [4.69, 9.17) is 0 Å². The molecule has 1 saturated carbocycles. The first-order valence-corrected chi connectivity index (χ1v) is 8.14. The maximum absolute atomic E-state index is 11.1. The first kappa shape index (κ1) is 15.5. The minimum absolute atomic E-state index is 0.667. The van der Waals surface area contributed by atoms with Crippen molar-refractivity contribution in [3.8, 4) is 6.07 Å². The number of rotatable bonds is 3. The number of benzene rings is 1. The number of hydrogen-bond acceptors (Lipinski definition) is 2. The van der Waals surface area contributed by atoms with Gasteiger partial charge in [-0.1, -0.05) is 41.4 Å². The molecule has 2 nitrogen and oxygen atoms in total. The quantitative estimate of drug-likeness (QED) is 0.864. The van der Waals surface area contributed by atoms with Gasteiger partial charge < -0.3 is 5.11 Å². The van der Waals surface area contributed by atoms with Crippen LogP contribution in [0.15, 0.2) is 28.7 Å². The van der Waals surface area contributed by atoms with E-state index in [0.29, 0.717) is 5.92 Å². The van der Waals surface area contributed by atoms with E-state index < -0.39 is 11.0 Å². The summed E-state index contributed by atoms with van der Waals surface area (Å²) < 4.78 is 0.936. The molecular formula is C17H22BrNO. The Kier molecular flexibility index (Phi) is 4.56. The standard InChI is InChI=1S/C17H22BrNO/c1-3-13-7-9-17(12-19,10-8-13)16(2,20)14-5-4-6-15(18)11-14/h4-6,11,13,20H,3,7-10H2,1-2H3. The van der Waals surface area contributed by atoms with E-state index in [1.807, 2.05) is 24.3 Å². The molecule has 0 spiro atoms. The van der Waals surface area contributed by atoms with Crippen LogP contribution < -0.4 is 0 Å². The molecule has 0 radical (unpaired) electrons. The highest BCUT2D eigenvalue weighted by Crippen LogP contribution is 2.51. The van der Waals surface area contributed by atoms with Crippen molar-refractivity contribution in [2.24, 2.45) is 11.3 Å². The lowest BCUT2D eigenvalue weighted by Crippen LogP contribution is -2.45. The molecular weight excluding hydrogens is 314 g/mol. The fourth-order valence-corrected chi connectivity index (χ4v) is 3.75. The molecule has 1 unspecified atom stereocenters. The highest BCUT2D eigenvalue weighted by molar-refractivity contribution is 9.10. The Labute approximate surface area is 129 Å². The largest absolute Gasteiger partial charge is 0.384 e. The van der Waals surface area contributed by atoms with E-state index in [0.717, 1.165) is 35.7 Å². The Bertz CT molecular complexity index is 510. The minimum atomic E-state index is -1.11. The van der Waals surface area contributed by atoms with Gasteiger partial charge in [-0.05, 0) is 56.2 Å². The van der Waals surface area contributed by atoms with Crippen LogP contribution in [0.5, 0.6) is 0 Å². The summed E-state index contributed by atoms with van der Waals surface area (Å²) in [6.45, 7) is 4.00. The Morgan fingerprint density at radius 3 is 2.60 bits per heavy atom. The van der Waals surface area contributed by atoms with Gasteiger partial charge in [0.15, 0.2) is 0 Å². The summed E-state index contributed by atoms with van der Waals surface area (Å²) >= 11 is 3.44. The lowest BCUT2D eigenvalue weighted by Gasteiger charge is -2.45. The summed E-state index contributed by atoms with van der Waals surface area (Å²) in [5.41, 5.74) is -0.952. The number of nitrogens with zero attached hydrogens (tertiary/aromatic N) is 1. The van der Waals surface area contributed by atoms with Crippen LogP contribution in [0, 0.1) is 22.7 Å². The zero-order chi connectivity index (χ0) is 14.8. The third-order valence-corrected chi connectivity index (χ3v) is 5.56. The third-order valence-electron chi connectivity index (χ3n) is 5.07. The number of hydrogen-bond donors (Lipinski definition) is 1. The molecule has 3 heteroatoms. The number of halogens is 1. The zero-order valence-electron chi connectivity index (χ0n) is 12.2. The van der Waals surface area contributed by atoms with Crippen LogP contribution in [0.4, 0.5) is 0 Å². The van der Waals surface area contributed by atoms with Gasteiger partial charge in [0.2, 0.25) is 0 Å². The molecule has 1 N–H and O–H groups in total. The third kappa shape index (κ3) is 2.64. The summed E-state index contributed by atoms with van der Waals surface area (Å²) in [4.78, 5) is 0. The van der Waals surface area contributed by atoms with E-state index in [1.165, 1.54) is 6.42 Å². The fraction of sp³-hybridized carbons (Fsp3) is 0.588. The van der Waals surface area contributed by atoms with Gasteiger partial charge in [0.1, 0.15) is 5.60 Å². The maximum Gasteiger partial charge on any atom is 0.105 e. The molecule has 0 amide bonds. The van der Waals surface area contributed by atoms with Crippen molar-refractivity contribution >= 4 is 15.9 Å². The average Bonchev–Trinajstić information content (AvgIpc) is 2.47. The summed E-state index contributed by atoms with van der Waals surface area (Å²) in [6.07, 6.45) is 4.80. The van der Waals surface area contributed by atoms with Gasteiger partial charge in [-0.2, -0.15) is 5.26 Å². The highest BCUT2D eigenvalue weighted by atomic mass is 79.9. The van der Waals surface area contributed by atoms with Crippen molar-refractivity contribution in [2.75, 3.05) is 0 Å². The predicted octanol–water partition coefficient (Wildman–Crippen LogP) is 4.77. The second kappa shape index (κ2) is 5.87. The van der Waals surface area contributed by atoms with Crippen LogP contribution in [0.3, 0.4) is 0 Å². The molecule has 2 rings (SSSR count). The Hall–Kier alpha value is -0.850. The van der Waals surface area contributed by atoms with Crippen LogP contribution in [0.2, 0.25) is 0 Å². The maximum atomic E-state index is 11.1. The molecule has 20 heavy (non-hydrogen) atoms. The van der Waals surface area contributed by atoms with E-state index in [1.54, 1.807) is 6.92 Å². The van der Waals surface area contributed by atoms with Gasteiger partial charge in [0.25, 0.3) is 0 Å². The van der Waals surface area contributed by atoms with E-state index in [2.05, 4.69) is 28.9 Å². The lowest BCUT2D eigenvalue weighted by atomic mass is 9.60. The molecule has 1 atom stereocenters. The van der Waals surface area contributed by atoms with Crippen molar-refractivity contribution in [1.82, 2.24) is 0 Å². The van der Waals surface area contributed by atoms with Gasteiger partial charge in [-0.25, -0.2) is 0 Å². The van der Waals surface area contributed by atoms with Crippen molar-refractivity contribution in [1.29, 1.82) is 5.26 Å². The molecule has 0 bridgehead atoms. The first-order chi connectivity index (χ1) is 9.45. The Morgan fingerprint density at radius 2 is 2.10 bits per heavy atom. The van der Waals surface area contributed by atoms with Gasteiger partial charge in [-0.3, -0.25) is 0 Å². The van der Waals surface area contributed by atoms with E-state index in [9.17, 15) is 10.4 Å².